The third kappa shape index (κ3) is 5.94. The summed E-state index contributed by atoms with van der Waals surface area (Å²) in [6, 6.07) is 2.25. The van der Waals surface area contributed by atoms with Crippen molar-refractivity contribution in [3.8, 4) is 0 Å². The first-order valence-corrected chi connectivity index (χ1v) is 9.87. The van der Waals surface area contributed by atoms with E-state index in [1.807, 2.05) is 15.8 Å². The van der Waals surface area contributed by atoms with Gasteiger partial charge < -0.3 is 15.5 Å². The van der Waals surface area contributed by atoms with Gasteiger partial charge in [0.25, 0.3) is 5.91 Å². The third-order valence-corrected chi connectivity index (χ3v) is 5.25. The summed E-state index contributed by atoms with van der Waals surface area (Å²) in [4.78, 5) is 26.5. The Morgan fingerprint density at radius 1 is 1.30 bits per heavy atom. The molecular weight excluding hydrogens is 366 g/mol. The zero-order valence-electron chi connectivity index (χ0n) is 16.3. The van der Waals surface area contributed by atoms with Gasteiger partial charge in [-0.25, -0.2) is 0 Å². The maximum absolute atomic E-state index is 12.5. The molecule has 0 aliphatic carbocycles. The van der Waals surface area contributed by atoms with Crippen LogP contribution in [0.15, 0.2) is 12.3 Å². The smallest absolute Gasteiger partial charge is 0.271 e. The molecule has 2 aliphatic heterocycles. The summed E-state index contributed by atoms with van der Waals surface area (Å²) < 4.78 is 1.91. The molecular formula is C19H32ClN5O2. The van der Waals surface area contributed by atoms with Crippen LogP contribution in [0.2, 0.25) is 0 Å². The molecule has 0 saturated carbocycles. The van der Waals surface area contributed by atoms with Crippen LogP contribution in [0.1, 0.15) is 62.5 Å². The molecule has 1 aromatic heterocycles. The summed E-state index contributed by atoms with van der Waals surface area (Å²) in [6.45, 7) is 7.53. The molecule has 1 unspecified atom stereocenters. The fourth-order valence-electron chi connectivity index (χ4n) is 3.73. The summed E-state index contributed by atoms with van der Waals surface area (Å²) in [6.07, 6.45) is 6.36. The summed E-state index contributed by atoms with van der Waals surface area (Å²) in [5, 5.41) is 10.9. The largest absolute Gasteiger partial charge is 0.348 e. The standard InChI is InChI=1S/C19H31N5O2.ClH/c1-14(2)12-18(25)23-9-5-15(6-10-23)21-19(26)17-7-11-24(22-17)16-4-3-8-20-13-16;/h7,11,14-16,20H,3-6,8-10,12-13H2,1-2H3,(H,21,26);1H. The highest BCUT2D eigenvalue weighted by Crippen LogP contribution is 2.17. The molecule has 0 spiro atoms. The lowest BCUT2D eigenvalue weighted by molar-refractivity contribution is -0.133. The number of hydrogen-bond donors (Lipinski definition) is 2. The second-order valence-corrected chi connectivity index (χ2v) is 7.91. The Bertz CT molecular complexity index is 619. The quantitative estimate of drug-likeness (QED) is 0.796. The second kappa shape index (κ2) is 10.1. The van der Waals surface area contributed by atoms with Crippen molar-refractivity contribution in [2.24, 2.45) is 5.92 Å². The van der Waals surface area contributed by atoms with E-state index in [2.05, 4.69) is 29.6 Å². The van der Waals surface area contributed by atoms with Crippen LogP contribution in [0.4, 0.5) is 0 Å². The molecule has 2 N–H and O–H groups in total. The van der Waals surface area contributed by atoms with Crippen LogP contribution < -0.4 is 10.6 Å². The SMILES string of the molecule is CC(C)CC(=O)N1CCC(NC(=O)c2ccn(C3CCCNC3)n2)CC1.Cl. The number of aromatic nitrogens is 2. The van der Waals surface area contributed by atoms with E-state index >= 15 is 0 Å². The molecule has 8 heteroatoms. The Kier molecular flexibility index (Phi) is 8.10. The van der Waals surface area contributed by atoms with Crippen molar-refractivity contribution < 1.29 is 9.59 Å². The van der Waals surface area contributed by atoms with Crippen molar-refractivity contribution >= 4 is 24.2 Å². The zero-order valence-corrected chi connectivity index (χ0v) is 17.1. The highest BCUT2D eigenvalue weighted by molar-refractivity contribution is 5.92. The number of carbonyl (C=O) groups is 2. The Hall–Kier alpha value is -1.60. The van der Waals surface area contributed by atoms with Gasteiger partial charge in [0, 0.05) is 38.3 Å². The minimum Gasteiger partial charge on any atom is -0.348 e. The number of halogens is 1. The van der Waals surface area contributed by atoms with Gasteiger partial charge in [0.1, 0.15) is 5.69 Å². The lowest BCUT2D eigenvalue weighted by Gasteiger charge is -2.32. The lowest BCUT2D eigenvalue weighted by Crippen LogP contribution is -2.46. The minimum atomic E-state index is -0.112. The van der Waals surface area contributed by atoms with E-state index in [0.717, 1.165) is 51.9 Å². The number of nitrogens with zero attached hydrogens (tertiary/aromatic N) is 3. The molecule has 7 nitrogen and oxygen atoms in total. The van der Waals surface area contributed by atoms with Gasteiger partial charge in [0.15, 0.2) is 0 Å². The van der Waals surface area contributed by atoms with E-state index in [9.17, 15) is 9.59 Å². The number of amides is 2. The molecule has 0 bridgehead atoms. The first-order chi connectivity index (χ1) is 12.5. The number of rotatable bonds is 5. The average molecular weight is 398 g/mol. The second-order valence-electron chi connectivity index (χ2n) is 7.91. The maximum Gasteiger partial charge on any atom is 0.271 e. The molecule has 0 radical (unpaired) electrons. The highest BCUT2D eigenvalue weighted by Gasteiger charge is 2.25. The van der Waals surface area contributed by atoms with Crippen LogP contribution in [0, 0.1) is 5.92 Å². The summed E-state index contributed by atoms with van der Waals surface area (Å²) in [5.41, 5.74) is 0.480. The van der Waals surface area contributed by atoms with Crippen LogP contribution in [0.3, 0.4) is 0 Å². The van der Waals surface area contributed by atoms with Gasteiger partial charge in [-0.05, 0) is 44.2 Å². The summed E-state index contributed by atoms with van der Waals surface area (Å²) in [5.74, 6) is 0.499. The topological polar surface area (TPSA) is 79.3 Å². The van der Waals surface area contributed by atoms with Crippen LogP contribution in [-0.4, -0.2) is 58.7 Å². The van der Waals surface area contributed by atoms with Crippen LogP contribution >= 0.6 is 12.4 Å². The fourth-order valence-corrected chi connectivity index (χ4v) is 3.73. The molecule has 2 amide bonds. The van der Waals surface area contributed by atoms with Crippen molar-refractivity contribution in [2.45, 2.75) is 58.0 Å². The Labute approximate surface area is 167 Å². The third-order valence-electron chi connectivity index (χ3n) is 5.25. The molecule has 152 valence electrons. The van der Waals surface area contributed by atoms with E-state index in [4.69, 9.17) is 0 Å². The van der Waals surface area contributed by atoms with E-state index in [1.54, 1.807) is 6.07 Å². The molecule has 2 saturated heterocycles. The molecule has 27 heavy (non-hydrogen) atoms. The number of carbonyl (C=O) groups excluding carboxylic acids is 2. The van der Waals surface area contributed by atoms with Crippen molar-refractivity contribution in [3.63, 3.8) is 0 Å². The first kappa shape index (κ1) is 21.7. The Morgan fingerprint density at radius 3 is 2.67 bits per heavy atom. The monoisotopic (exact) mass is 397 g/mol. The van der Waals surface area contributed by atoms with E-state index in [-0.39, 0.29) is 30.3 Å². The van der Waals surface area contributed by atoms with Gasteiger partial charge >= 0.3 is 0 Å². The van der Waals surface area contributed by atoms with Crippen molar-refractivity contribution in [1.82, 2.24) is 25.3 Å². The summed E-state index contributed by atoms with van der Waals surface area (Å²) in [7, 11) is 0. The molecule has 1 atom stereocenters. The molecule has 2 fully saturated rings. The number of hydrogen-bond acceptors (Lipinski definition) is 4. The van der Waals surface area contributed by atoms with Crippen LogP contribution in [0.25, 0.3) is 0 Å². The van der Waals surface area contributed by atoms with Crippen LogP contribution in [0.5, 0.6) is 0 Å². The molecule has 3 heterocycles. The molecule has 0 aromatic carbocycles. The number of piperidine rings is 2. The van der Waals surface area contributed by atoms with Gasteiger partial charge in [0.05, 0.1) is 6.04 Å². The van der Waals surface area contributed by atoms with Crippen molar-refractivity contribution in [1.29, 1.82) is 0 Å². The van der Waals surface area contributed by atoms with Gasteiger partial charge in [-0.1, -0.05) is 13.8 Å². The van der Waals surface area contributed by atoms with Crippen LogP contribution in [-0.2, 0) is 4.79 Å². The predicted octanol–water partition coefficient (Wildman–Crippen LogP) is 2.00. The van der Waals surface area contributed by atoms with E-state index < -0.39 is 0 Å². The molecule has 2 aliphatic rings. The first-order valence-electron chi connectivity index (χ1n) is 9.87. The minimum absolute atomic E-state index is 0. The maximum atomic E-state index is 12.5. The normalized spacial score (nSPS) is 21.0. The molecule has 1 aromatic rings. The Balaban J connectivity index is 0.00000261. The van der Waals surface area contributed by atoms with Gasteiger partial charge in [-0.15, -0.1) is 12.4 Å². The number of nitrogens with one attached hydrogen (secondary N) is 2. The van der Waals surface area contributed by atoms with Gasteiger partial charge in [-0.2, -0.15) is 5.10 Å². The van der Waals surface area contributed by atoms with Crippen molar-refractivity contribution in [3.05, 3.63) is 18.0 Å². The van der Waals surface area contributed by atoms with E-state index in [1.165, 1.54) is 0 Å². The average Bonchev–Trinajstić information content (AvgIpc) is 3.13. The number of likely N-dealkylation sites (tertiary alicyclic amines) is 1. The van der Waals surface area contributed by atoms with E-state index in [0.29, 0.717) is 24.1 Å². The van der Waals surface area contributed by atoms with Gasteiger partial charge in [0.2, 0.25) is 5.91 Å². The lowest BCUT2D eigenvalue weighted by atomic mass is 10.0. The fraction of sp³-hybridized carbons (Fsp3) is 0.737. The summed E-state index contributed by atoms with van der Waals surface area (Å²) >= 11 is 0. The zero-order chi connectivity index (χ0) is 18.5. The highest BCUT2D eigenvalue weighted by atomic mass is 35.5. The van der Waals surface area contributed by atoms with Crippen molar-refractivity contribution in [2.75, 3.05) is 26.2 Å². The van der Waals surface area contributed by atoms with Gasteiger partial charge in [-0.3, -0.25) is 14.3 Å². The Morgan fingerprint density at radius 2 is 2.04 bits per heavy atom. The predicted molar refractivity (Wildman–Crippen MR) is 107 cm³/mol. The molecule has 3 rings (SSSR count).